The molecular weight excluding hydrogens is 1020 g/mol. The maximum Gasteiger partial charge on any atom is 0.327 e. The lowest BCUT2D eigenvalue weighted by Gasteiger charge is -2.28. The van der Waals surface area contributed by atoms with E-state index in [9.17, 15) is 43.5 Å². The molecule has 0 radical (unpaired) electrons. The summed E-state index contributed by atoms with van der Waals surface area (Å²) in [4.78, 5) is 110. The molecule has 0 aromatic heterocycles. The smallest absolute Gasteiger partial charge is 0.327 e. The minimum atomic E-state index is -1.41. The molecule has 0 spiro atoms. The van der Waals surface area contributed by atoms with E-state index >= 15 is 0 Å². The van der Waals surface area contributed by atoms with Gasteiger partial charge in [0.2, 0.25) is 41.4 Å². The number of hydrogen-bond donors (Lipinski definition) is 20. The van der Waals surface area contributed by atoms with E-state index in [4.69, 9.17) is 39.2 Å². The van der Waals surface area contributed by atoms with Gasteiger partial charge in [-0.15, -0.1) is 0 Å². The Labute approximate surface area is 453 Å². The number of unbranched alkanes of at least 4 members (excludes halogenated alkanes) is 1. The minimum Gasteiger partial charge on any atom is -0.480 e. The first kappa shape index (κ1) is 64.8. The zero-order valence-electron chi connectivity index (χ0n) is 42.6. The minimum absolute atomic E-state index is 0.0723. The summed E-state index contributed by atoms with van der Waals surface area (Å²) in [5.41, 5.74) is 23.6. The van der Waals surface area contributed by atoms with Crippen LogP contribution in [0.15, 0.2) is 60.7 Å². The van der Waals surface area contributed by atoms with Gasteiger partial charge in [-0.05, 0) is 56.1 Å². The zero-order valence-corrected chi connectivity index (χ0v) is 44.4. The molecule has 420 valence electrons. The number of guanidine groups is 3. The molecule has 26 nitrogen and oxygen atoms in total. The molecule has 0 aliphatic rings. The number of hydrogen-bond acceptors (Lipinski definition) is 14. The molecule has 2 aromatic carbocycles. The molecule has 0 bridgehead atoms. The number of carbonyl (C=O) groups excluding carboxylic acids is 7. The standard InChI is InChI=1S/C48H77N17O9S2/c1-2-3-18-31(59-38(66)30(49)17-10-21-56-46(50)51)41(69)64-36(26-75)44(72)61-33(20-12-23-58-48(54)55)40(68)62-34(24-28-13-6-4-7-14-28)42(70)60-32(19-11-22-57-47(52)53)39(67)63-35(25-29-15-8-5-9-16-29)43(71)65-37(27-76)45(73)74/h4-9,13-16,30-37,75-76H,2-3,10-12,17-27,49H2,1H3,(H,59,66)(H,60,70)(H,61,72)(H,62,68)(H,63,67)(H,64,69)(H,65,71)(H,73,74)(H4,50,51,56)(H4,52,53,57)(H4,54,55,58)/t30-,31-,32-,33-,34+,35-,36-,37-/m0/s1. The summed E-state index contributed by atoms with van der Waals surface area (Å²) in [7, 11) is 0. The lowest BCUT2D eigenvalue weighted by atomic mass is 10.0. The monoisotopic (exact) mass is 1100 g/mol. The first-order valence-corrected chi connectivity index (χ1v) is 26.1. The third-order valence-electron chi connectivity index (χ3n) is 11.5. The summed E-state index contributed by atoms with van der Waals surface area (Å²) in [6.45, 7) is 2.41. The van der Waals surface area contributed by atoms with Crippen molar-refractivity contribution < 1.29 is 43.5 Å². The van der Waals surface area contributed by atoms with Crippen molar-refractivity contribution in [1.82, 2.24) is 53.2 Å². The molecule has 2 rings (SSSR count). The van der Waals surface area contributed by atoms with Gasteiger partial charge in [-0.2, -0.15) is 25.3 Å². The van der Waals surface area contributed by atoms with E-state index in [-0.39, 0.29) is 93.8 Å². The van der Waals surface area contributed by atoms with Crippen molar-refractivity contribution in [1.29, 1.82) is 16.2 Å². The normalized spacial score (nSPS) is 13.9. The average molecular weight is 1100 g/mol. The van der Waals surface area contributed by atoms with Gasteiger partial charge in [-0.1, -0.05) is 80.4 Å². The van der Waals surface area contributed by atoms with Crippen LogP contribution in [0.25, 0.3) is 0 Å². The Bertz CT molecular complexity index is 2230. The maximum absolute atomic E-state index is 14.5. The summed E-state index contributed by atoms with van der Waals surface area (Å²) < 4.78 is 0. The van der Waals surface area contributed by atoms with Crippen LogP contribution >= 0.6 is 25.3 Å². The fourth-order valence-corrected chi connectivity index (χ4v) is 7.86. The highest BCUT2D eigenvalue weighted by Gasteiger charge is 2.34. The van der Waals surface area contributed by atoms with Gasteiger partial charge in [-0.25, -0.2) is 4.79 Å². The Morgan fingerprint density at radius 2 is 0.763 bits per heavy atom. The third kappa shape index (κ3) is 25.7. The van der Waals surface area contributed by atoms with Crippen molar-refractivity contribution in [2.75, 3.05) is 31.1 Å². The van der Waals surface area contributed by atoms with Crippen molar-refractivity contribution >= 4 is 90.5 Å². The van der Waals surface area contributed by atoms with E-state index in [1.54, 1.807) is 60.7 Å². The lowest BCUT2D eigenvalue weighted by Crippen LogP contribution is -2.61. The van der Waals surface area contributed by atoms with Crippen LogP contribution in [0.5, 0.6) is 0 Å². The van der Waals surface area contributed by atoms with Gasteiger partial charge in [0.05, 0.1) is 6.04 Å². The Morgan fingerprint density at radius 1 is 0.461 bits per heavy atom. The van der Waals surface area contributed by atoms with Gasteiger partial charge in [0, 0.05) is 44.0 Å². The predicted molar refractivity (Wildman–Crippen MR) is 294 cm³/mol. The van der Waals surface area contributed by atoms with Gasteiger partial charge in [0.15, 0.2) is 17.9 Å². The van der Waals surface area contributed by atoms with Crippen LogP contribution in [-0.2, 0) is 51.2 Å². The molecular formula is C48H77N17O9S2. The average Bonchev–Trinajstić information content (AvgIpc) is 3.38. The number of nitrogens with one attached hydrogen (secondary N) is 13. The maximum atomic E-state index is 14.5. The highest BCUT2D eigenvalue weighted by atomic mass is 32.1. The Kier molecular flexibility index (Phi) is 30.5. The molecule has 0 unspecified atom stereocenters. The van der Waals surface area contributed by atoms with E-state index < -0.39 is 95.7 Å². The van der Waals surface area contributed by atoms with Crippen LogP contribution in [-0.4, -0.2) is 150 Å². The topological polar surface area (TPSA) is 453 Å². The van der Waals surface area contributed by atoms with Gasteiger partial charge >= 0.3 is 5.97 Å². The van der Waals surface area contributed by atoms with Crippen LogP contribution in [0.2, 0.25) is 0 Å². The Balaban J connectivity index is 2.48. The highest BCUT2D eigenvalue weighted by molar-refractivity contribution is 7.80. The fourth-order valence-electron chi connectivity index (χ4n) is 7.36. The lowest BCUT2D eigenvalue weighted by molar-refractivity contribution is -0.141. The Morgan fingerprint density at radius 3 is 1.12 bits per heavy atom. The molecule has 0 aliphatic carbocycles. The third-order valence-corrected chi connectivity index (χ3v) is 12.2. The summed E-state index contributed by atoms with van der Waals surface area (Å²) in [6, 6.07) is 6.86. The molecule has 0 saturated carbocycles. The number of carbonyl (C=O) groups is 8. The molecule has 8 atom stereocenters. The van der Waals surface area contributed by atoms with Crippen LogP contribution in [0.3, 0.4) is 0 Å². The van der Waals surface area contributed by atoms with Gasteiger partial charge < -0.3 is 81.2 Å². The number of carboxylic acids is 1. The first-order valence-electron chi connectivity index (χ1n) is 24.8. The number of amides is 7. The van der Waals surface area contributed by atoms with Gasteiger partial charge in [-0.3, -0.25) is 49.8 Å². The summed E-state index contributed by atoms with van der Waals surface area (Å²) in [6.07, 6.45) is 2.02. The molecule has 0 aliphatic heterocycles. The highest BCUT2D eigenvalue weighted by Crippen LogP contribution is 2.11. The number of thiol groups is 2. The first-order chi connectivity index (χ1) is 36.2. The molecule has 76 heavy (non-hydrogen) atoms. The molecule has 0 saturated heterocycles. The van der Waals surface area contributed by atoms with Crippen molar-refractivity contribution in [2.24, 2.45) is 22.9 Å². The zero-order chi connectivity index (χ0) is 56.6. The number of nitrogens with two attached hydrogens (primary N) is 4. The van der Waals surface area contributed by atoms with Crippen molar-refractivity contribution in [2.45, 2.75) is 126 Å². The van der Waals surface area contributed by atoms with Crippen LogP contribution in [0.4, 0.5) is 0 Å². The van der Waals surface area contributed by atoms with Gasteiger partial charge in [0.25, 0.3) is 0 Å². The molecule has 7 amide bonds. The predicted octanol–water partition coefficient (Wildman–Crippen LogP) is -2.88. The van der Waals surface area contributed by atoms with E-state index in [2.05, 4.69) is 78.4 Å². The number of carboxylic acid groups (broad SMARTS) is 1. The second-order valence-electron chi connectivity index (χ2n) is 17.7. The molecule has 2 aromatic rings. The van der Waals surface area contributed by atoms with E-state index in [1.807, 2.05) is 6.92 Å². The molecule has 22 N–H and O–H groups in total. The number of rotatable bonds is 36. The van der Waals surface area contributed by atoms with Crippen molar-refractivity contribution in [3.63, 3.8) is 0 Å². The number of benzene rings is 2. The summed E-state index contributed by atoms with van der Waals surface area (Å²) in [5, 5.41) is 58.3. The quantitative estimate of drug-likeness (QED) is 0.0141. The summed E-state index contributed by atoms with van der Waals surface area (Å²) in [5.74, 6) is -8.30. The van der Waals surface area contributed by atoms with Crippen molar-refractivity contribution in [3.8, 4) is 0 Å². The SMILES string of the molecule is CCCC[C@H](NC(=O)[C@@H](N)CCCNC(=N)N)C(=O)N[C@@H](CS)C(=O)N[C@@H](CCCNC(=N)N)C(=O)N[C@H](Cc1ccccc1)C(=O)N[C@@H](CCCNC(=N)N)C(=O)N[C@@H](Cc1ccccc1)C(=O)N[C@@H](CS)C(=O)O. The second kappa shape index (κ2) is 35.8. The molecule has 28 heteroatoms. The molecule has 0 fully saturated rings. The number of aliphatic carboxylic acids is 1. The van der Waals surface area contributed by atoms with Crippen molar-refractivity contribution in [3.05, 3.63) is 71.8 Å². The van der Waals surface area contributed by atoms with Crippen LogP contribution in [0, 0.1) is 16.2 Å². The van der Waals surface area contributed by atoms with Crippen LogP contribution < -0.4 is 76.1 Å². The Hall–Kier alpha value is -7.33. The van der Waals surface area contributed by atoms with Gasteiger partial charge in [0.1, 0.15) is 42.3 Å². The second-order valence-corrected chi connectivity index (χ2v) is 18.4. The molecule has 0 heterocycles. The van der Waals surface area contributed by atoms with E-state index in [1.165, 1.54) is 0 Å². The largest absolute Gasteiger partial charge is 0.480 e. The fraction of sp³-hybridized carbons (Fsp3) is 0.521. The van der Waals surface area contributed by atoms with E-state index in [0.717, 1.165) is 0 Å². The van der Waals surface area contributed by atoms with Crippen LogP contribution in [0.1, 0.15) is 75.8 Å². The van der Waals surface area contributed by atoms with E-state index in [0.29, 0.717) is 36.9 Å². The summed E-state index contributed by atoms with van der Waals surface area (Å²) >= 11 is 8.35.